The van der Waals surface area contributed by atoms with Crippen molar-refractivity contribution < 1.29 is 21.2 Å². The maximum atomic E-state index is 5.73. The van der Waals surface area contributed by atoms with Crippen molar-refractivity contribution in [2.45, 2.75) is 43.9 Å². The Labute approximate surface area is 111 Å². The molecule has 0 spiro atoms. The third-order valence-electron chi connectivity index (χ3n) is 3.57. The van der Waals surface area contributed by atoms with Crippen LogP contribution in [0.4, 0.5) is 0 Å². The van der Waals surface area contributed by atoms with E-state index in [1.807, 2.05) is 0 Å². The van der Waals surface area contributed by atoms with Crippen LogP contribution in [0.5, 0.6) is 0 Å². The average molecular weight is 302 g/mol. The van der Waals surface area contributed by atoms with Gasteiger partial charge in [-0.25, -0.2) is 0 Å². The van der Waals surface area contributed by atoms with Gasteiger partial charge >= 0.3 is 39.3 Å². The van der Waals surface area contributed by atoms with Gasteiger partial charge in [-0.3, -0.25) is 0 Å². The fourth-order valence-corrected chi connectivity index (χ4v) is 7.74. The highest BCUT2D eigenvalue weighted by Gasteiger charge is 2.47. The zero-order chi connectivity index (χ0) is 11.7. The predicted molar refractivity (Wildman–Crippen MR) is 62.8 cm³/mol. The van der Waals surface area contributed by atoms with E-state index in [0.29, 0.717) is 23.7 Å². The minimum Gasteiger partial charge on any atom is -0.413 e. The van der Waals surface area contributed by atoms with Crippen LogP contribution in [-0.2, 0) is 21.2 Å². The van der Waals surface area contributed by atoms with E-state index in [0.717, 1.165) is 0 Å². The third kappa shape index (κ3) is 3.16. The van der Waals surface area contributed by atoms with Gasteiger partial charge in [0.05, 0.1) is 12.2 Å². The standard InChI is InChI=1S/C8H13O5Si4/c1-5(6-2-3-7-8(4-6)9-7)17-12-15-10-14-11-16-13-17/h5-8H,2-4H2,1H3. The van der Waals surface area contributed by atoms with Gasteiger partial charge in [0.25, 0.3) is 0 Å². The molecule has 3 aliphatic rings. The lowest BCUT2D eigenvalue weighted by atomic mass is 9.87. The van der Waals surface area contributed by atoms with Gasteiger partial charge in [0.15, 0.2) is 0 Å². The molecule has 2 saturated heterocycles. The van der Waals surface area contributed by atoms with Gasteiger partial charge in [0.2, 0.25) is 0 Å². The van der Waals surface area contributed by atoms with Gasteiger partial charge in [-0.1, -0.05) is 6.92 Å². The van der Waals surface area contributed by atoms with Crippen molar-refractivity contribution in [3.63, 3.8) is 0 Å². The summed E-state index contributed by atoms with van der Waals surface area (Å²) < 4.78 is 27.4. The Morgan fingerprint density at radius 3 is 2.53 bits per heavy atom. The maximum Gasteiger partial charge on any atom is 0.412 e. The second kappa shape index (κ2) is 5.75. The molecule has 4 unspecified atom stereocenters. The lowest BCUT2D eigenvalue weighted by Crippen LogP contribution is -2.39. The van der Waals surface area contributed by atoms with Crippen LogP contribution >= 0.6 is 0 Å². The topological polar surface area (TPSA) is 49.5 Å². The smallest absolute Gasteiger partial charge is 0.412 e. The first-order valence-electron chi connectivity index (χ1n) is 5.77. The van der Waals surface area contributed by atoms with Crippen molar-refractivity contribution in [3.8, 4) is 0 Å². The number of hydrogen-bond donors (Lipinski definition) is 0. The van der Waals surface area contributed by atoms with E-state index in [1.54, 1.807) is 0 Å². The molecule has 0 amide bonds. The number of epoxide rings is 1. The normalized spacial score (nSPS) is 41.1. The monoisotopic (exact) mass is 301 g/mol. The van der Waals surface area contributed by atoms with Crippen LogP contribution in [-0.4, -0.2) is 51.5 Å². The van der Waals surface area contributed by atoms with Gasteiger partial charge in [0, 0.05) is 5.54 Å². The van der Waals surface area contributed by atoms with Crippen molar-refractivity contribution >= 4 is 39.3 Å². The highest BCUT2D eigenvalue weighted by atomic mass is 28.4. The van der Waals surface area contributed by atoms with Crippen LogP contribution < -0.4 is 0 Å². The van der Waals surface area contributed by atoms with E-state index in [2.05, 4.69) is 6.92 Å². The quantitative estimate of drug-likeness (QED) is 0.535. The molecular weight excluding hydrogens is 288 g/mol. The summed E-state index contributed by atoms with van der Waals surface area (Å²) in [6, 6.07) is 0. The summed E-state index contributed by atoms with van der Waals surface area (Å²) in [5.74, 6) is 0.670. The maximum absolute atomic E-state index is 5.73. The van der Waals surface area contributed by atoms with Crippen molar-refractivity contribution in [3.05, 3.63) is 0 Å². The molecule has 3 rings (SSSR count). The Balaban J connectivity index is 1.53. The molecule has 0 aromatic carbocycles. The highest BCUT2D eigenvalue weighted by molar-refractivity contribution is 6.61. The van der Waals surface area contributed by atoms with E-state index in [1.165, 1.54) is 19.3 Å². The first-order chi connectivity index (χ1) is 8.34. The summed E-state index contributed by atoms with van der Waals surface area (Å²) in [6.07, 6.45) is 4.69. The van der Waals surface area contributed by atoms with Crippen LogP contribution in [0.3, 0.4) is 0 Å². The summed E-state index contributed by atoms with van der Waals surface area (Å²) in [7, 11) is -1.09. The van der Waals surface area contributed by atoms with Crippen molar-refractivity contribution in [2.24, 2.45) is 5.92 Å². The predicted octanol–water partition coefficient (Wildman–Crippen LogP) is 0.115. The summed E-state index contributed by atoms with van der Waals surface area (Å²) >= 11 is 0. The molecule has 4 atom stereocenters. The third-order valence-corrected chi connectivity index (χ3v) is 8.40. The lowest BCUT2D eigenvalue weighted by molar-refractivity contribution is 0.288. The lowest BCUT2D eigenvalue weighted by Gasteiger charge is -2.30. The molecule has 0 aromatic heterocycles. The Morgan fingerprint density at radius 1 is 1.06 bits per heavy atom. The number of fused-ring (bicyclic) bond motifs is 1. The van der Waals surface area contributed by atoms with E-state index in [-0.39, 0.29) is 30.0 Å². The summed E-state index contributed by atoms with van der Waals surface area (Å²) in [4.78, 5) is 0. The fraction of sp³-hybridized carbons (Fsp3) is 1.00. The number of ether oxygens (including phenoxy) is 1. The number of hydrogen-bond acceptors (Lipinski definition) is 5. The van der Waals surface area contributed by atoms with Crippen LogP contribution in [0.15, 0.2) is 0 Å². The molecule has 9 heteroatoms. The second-order valence-electron chi connectivity index (χ2n) is 4.55. The molecule has 1 aliphatic carbocycles. The minimum absolute atomic E-state index is 0.0535. The molecular formula is C8H13O5Si4. The summed E-state index contributed by atoms with van der Waals surface area (Å²) in [6.45, 7) is 2.24. The van der Waals surface area contributed by atoms with Gasteiger partial charge < -0.3 is 21.2 Å². The van der Waals surface area contributed by atoms with E-state index in [4.69, 9.17) is 21.2 Å². The largest absolute Gasteiger partial charge is 0.413 e. The molecule has 91 valence electrons. The van der Waals surface area contributed by atoms with Gasteiger partial charge in [0.1, 0.15) is 0 Å². The van der Waals surface area contributed by atoms with Crippen LogP contribution in [0, 0.1) is 5.92 Å². The molecule has 0 aromatic rings. The Bertz CT molecular complexity index is 262. The fourth-order valence-electron chi connectivity index (χ4n) is 2.47. The van der Waals surface area contributed by atoms with Crippen LogP contribution in [0.2, 0.25) is 5.54 Å². The van der Waals surface area contributed by atoms with Crippen LogP contribution in [0.25, 0.3) is 0 Å². The molecule has 2 aliphatic heterocycles. The Kier molecular flexibility index (Phi) is 4.29. The van der Waals surface area contributed by atoms with Crippen molar-refractivity contribution in [2.75, 3.05) is 0 Å². The van der Waals surface area contributed by atoms with E-state index >= 15 is 0 Å². The van der Waals surface area contributed by atoms with Gasteiger partial charge in [-0.05, 0) is 25.2 Å². The zero-order valence-electron chi connectivity index (χ0n) is 9.47. The molecule has 5 nitrogen and oxygen atoms in total. The Hall–Kier alpha value is 0.668. The molecule has 3 fully saturated rings. The van der Waals surface area contributed by atoms with E-state index in [9.17, 15) is 0 Å². The van der Waals surface area contributed by atoms with E-state index < -0.39 is 9.28 Å². The molecule has 0 bridgehead atoms. The summed E-state index contributed by atoms with van der Waals surface area (Å²) in [5, 5.41) is 0. The molecule has 1 saturated carbocycles. The summed E-state index contributed by atoms with van der Waals surface area (Å²) in [5.41, 5.74) is 0.471. The minimum atomic E-state index is -1.26. The van der Waals surface area contributed by atoms with Crippen LogP contribution in [0.1, 0.15) is 26.2 Å². The second-order valence-corrected chi connectivity index (χ2v) is 9.87. The Morgan fingerprint density at radius 2 is 1.82 bits per heavy atom. The first kappa shape index (κ1) is 12.7. The average Bonchev–Trinajstić information content (AvgIpc) is 3.05. The van der Waals surface area contributed by atoms with Crippen molar-refractivity contribution in [1.82, 2.24) is 0 Å². The van der Waals surface area contributed by atoms with Gasteiger partial charge in [-0.2, -0.15) is 0 Å². The molecule has 2 heterocycles. The SMILES string of the molecule is CC(C1CCC2OC2C1)[Si]1O[Si]O[Si]O[Si]O1. The highest BCUT2D eigenvalue weighted by Crippen LogP contribution is 2.44. The zero-order valence-corrected chi connectivity index (χ0v) is 13.5. The van der Waals surface area contributed by atoms with Gasteiger partial charge in [-0.15, -0.1) is 0 Å². The molecule has 0 N–H and O–H groups in total. The molecule has 17 heavy (non-hydrogen) atoms. The number of rotatable bonds is 2. The first-order valence-corrected chi connectivity index (χ1v) is 9.61. The van der Waals surface area contributed by atoms with Crippen molar-refractivity contribution in [1.29, 1.82) is 0 Å². The molecule has 7 radical (unpaired) electrons.